The van der Waals surface area contributed by atoms with Gasteiger partial charge in [-0.1, -0.05) is 45.0 Å². The van der Waals surface area contributed by atoms with Crippen molar-refractivity contribution in [2.24, 2.45) is 0 Å². The zero-order valence-electron chi connectivity index (χ0n) is 22.3. The first-order valence-electron chi connectivity index (χ1n) is 12.8. The smallest absolute Gasteiger partial charge is 0.463 e. The summed E-state index contributed by atoms with van der Waals surface area (Å²) < 4.78 is 13.5. The normalized spacial score (nSPS) is 21.9. The molecule has 2 aromatic rings. The summed E-state index contributed by atoms with van der Waals surface area (Å²) in [4.78, 5) is 25.7. The Hall–Kier alpha value is -2.65. The largest absolute Gasteiger partial charge is 0.494 e. The van der Waals surface area contributed by atoms with Crippen LogP contribution in [0.3, 0.4) is 0 Å². The second-order valence-corrected chi connectivity index (χ2v) is 12.6. The lowest BCUT2D eigenvalue weighted by Crippen LogP contribution is -2.41. The number of hydrogen-bond donors (Lipinski definition) is 2. The molecule has 2 saturated carbocycles. The monoisotopic (exact) mass is 493 g/mol. The van der Waals surface area contributed by atoms with Gasteiger partial charge in [0.1, 0.15) is 0 Å². The molecule has 0 bridgehead atoms. The van der Waals surface area contributed by atoms with E-state index in [1.807, 2.05) is 72.7 Å². The van der Waals surface area contributed by atoms with Crippen LogP contribution in [0.25, 0.3) is 0 Å². The van der Waals surface area contributed by atoms with Crippen molar-refractivity contribution in [2.45, 2.75) is 102 Å². The Morgan fingerprint density at radius 2 is 1.72 bits per heavy atom. The van der Waals surface area contributed by atoms with Crippen LogP contribution in [0.2, 0.25) is 0 Å². The van der Waals surface area contributed by atoms with Crippen molar-refractivity contribution in [1.29, 1.82) is 0 Å². The number of aromatic nitrogens is 2. The molecule has 0 spiro atoms. The number of rotatable bonds is 5. The fraction of sp³-hybridized carbons (Fsp3) is 0.593. The highest BCUT2D eigenvalue weighted by atomic mass is 16.7. The van der Waals surface area contributed by atoms with Gasteiger partial charge < -0.3 is 19.7 Å². The summed E-state index contributed by atoms with van der Waals surface area (Å²) in [6.07, 6.45) is 2.17. The first-order chi connectivity index (χ1) is 16.7. The van der Waals surface area contributed by atoms with Crippen LogP contribution < -0.4 is 10.8 Å². The van der Waals surface area contributed by atoms with E-state index < -0.39 is 29.8 Å². The summed E-state index contributed by atoms with van der Waals surface area (Å²) >= 11 is 0. The molecular formula is C27H36BN3O5. The van der Waals surface area contributed by atoms with Crippen LogP contribution in [0.1, 0.15) is 96.9 Å². The zero-order chi connectivity index (χ0) is 26.3. The standard InChI is InChI=1S/C27H36BN3O5/c1-24(2,3)19-20(16-11-12-16)31(23(33)34)30-21(19)29-22(32)27(13-14-27)17-9-8-10-18(15-17)28-35-25(4,5)26(6,7)36-28/h8-10,15-16H,11-14H2,1-7H3,(H,33,34)(H,29,30,32). The van der Waals surface area contributed by atoms with E-state index in [2.05, 4.69) is 10.4 Å². The lowest BCUT2D eigenvalue weighted by molar-refractivity contribution is -0.118. The third-order valence-electron chi connectivity index (χ3n) is 8.20. The first-order valence-corrected chi connectivity index (χ1v) is 12.8. The molecule has 1 aromatic carbocycles. The summed E-state index contributed by atoms with van der Waals surface area (Å²) in [7, 11) is -0.506. The number of anilines is 1. The van der Waals surface area contributed by atoms with Crippen LogP contribution >= 0.6 is 0 Å². The Morgan fingerprint density at radius 3 is 2.22 bits per heavy atom. The van der Waals surface area contributed by atoms with Gasteiger partial charge in [0.15, 0.2) is 5.82 Å². The Morgan fingerprint density at radius 1 is 1.11 bits per heavy atom. The summed E-state index contributed by atoms with van der Waals surface area (Å²) in [5.74, 6) is 0.363. The van der Waals surface area contributed by atoms with E-state index in [1.54, 1.807) is 0 Å². The molecule has 2 N–H and O–H groups in total. The molecule has 5 rings (SSSR count). The van der Waals surface area contributed by atoms with Gasteiger partial charge in [-0.3, -0.25) is 4.79 Å². The molecule has 36 heavy (non-hydrogen) atoms. The van der Waals surface area contributed by atoms with Crippen LogP contribution in [-0.4, -0.2) is 45.2 Å². The van der Waals surface area contributed by atoms with Crippen molar-refractivity contribution in [2.75, 3.05) is 5.32 Å². The highest BCUT2D eigenvalue weighted by Crippen LogP contribution is 2.51. The fourth-order valence-corrected chi connectivity index (χ4v) is 5.10. The number of nitrogens with one attached hydrogen (secondary N) is 1. The van der Waals surface area contributed by atoms with Crippen molar-refractivity contribution in [1.82, 2.24) is 9.78 Å². The average molecular weight is 493 g/mol. The van der Waals surface area contributed by atoms with Crippen LogP contribution in [0.15, 0.2) is 24.3 Å². The number of benzene rings is 1. The third-order valence-corrected chi connectivity index (χ3v) is 8.20. The molecule has 1 aliphatic heterocycles. The Balaban J connectivity index is 1.45. The Bertz CT molecular complexity index is 1220. The van der Waals surface area contributed by atoms with E-state index in [-0.39, 0.29) is 17.2 Å². The topological polar surface area (TPSA) is 103 Å². The van der Waals surface area contributed by atoms with Gasteiger partial charge in [0.05, 0.1) is 22.3 Å². The highest BCUT2D eigenvalue weighted by molar-refractivity contribution is 6.62. The number of nitrogens with zero attached hydrogens (tertiary/aromatic N) is 2. The number of carboxylic acid groups (broad SMARTS) is 1. The van der Waals surface area contributed by atoms with Crippen LogP contribution in [0, 0.1) is 0 Å². The summed E-state index contributed by atoms with van der Waals surface area (Å²) in [5, 5.41) is 17.2. The lowest BCUT2D eigenvalue weighted by Gasteiger charge is -2.32. The Kier molecular flexibility index (Phi) is 5.51. The van der Waals surface area contributed by atoms with E-state index in [4.69, 9.17) is 9.31 Å². The molecule has 0 atom stereocenters. The zero-order valence-corrected chi connectivity index (χ0v) is 22.3. The van der Waals surface area contributed by atoms with Gasteiger partial charge in [-0.25, -0.2) is 4.79 Å². The molecule has 8 nitrogen and oxygen atoms in total. The fourth-order valence-electron chi connectivity index (χ4n) is 5.10. The first kappa shape index (κ1) is 25.0. The highest BCUT2D eigenvalue weighted by Gasteiger charge is 2.54. The second kappa shape index (κ2) is 7.92. The van der Waals surface area contributed by atoms with Crippen molar-refractivity contribution in [3.8, 4) is 0 Å². The number of carbonyl (C=O) groups excluding carboxylic acids is 1. The van der Waals surface area contributed by atoms with Gasteiger partial charge in [-0.2, -0.15) is 4.68 Å². The van der Waals surface area contributed by atoms with E-state index in [1.165, 1.54) is 0 Å². The maximum Gasteiger partial charge on any atom is 0.494 e. The summed E-state index contributed by atoms with van der Waals surface area (Å²) in [6, 6.07) is 7.88. The molecule has 0 unspecified atom stereocenters. The number of hydrogen-bond acceptors (Lipinski definition) is 5. The maximum atomic E-state index is 13.7. The number of amides is 1. The average Bonchev–Trinajstić information content (AvgIpc) is 3.68. The van der Waals surface area contributed by atoms with E-state index in [9.17, 15) is 14.7 Å². The third kappa shape index (κ3) is 4.06. The second-order valence-electron chi connectivity index (χ2n) is 12.6. The van der Waals surface area contributed by atoms with E-state index in [0.717, 1.165) is 34.1 Å². The quantitative estimate of drug-likeness (QED) is 0.593. The molecule has 9 heteroatoms. The Labute approximate surface area is 212 Å². The van der Waals surface area contributed by atoms with Gasteiger partial charge in [0.25, 0.3) is 0 Å². The van der Waals surface area contributed by atoms with E-state index in [0.29, 0.717) is 24.4 Å². The number of carbonyl (C=O) groups is 2. The molecule has 3 fully saturated rings. The van der Waals surface area contributed by atoms with Gasteiger partial charge in [0.2, 0.25) is 5.91 Å². The van der Waals surface area contributed by atoms with Crippen LogP contribution in [0.4, 0.5) is 10.6 Å². The van der Waals surface area contributed by atoms with Gasteiger partial charge in [-0.05, 0) is 69.8 Å². The van der Waals surface area contributed by atoms with Crippen molar-refractivity contribution in [3.05, 3.63) is 41.1 Å². The van der Waals surface area contributed by atoms with Crippen molar-refractivity contribution < 1.29 is 24.0 Å². The summed E-state index contributed by atoms with van der Waals surface area (Å²) in [6.45, 7) is 14.2. The molecule has 2 heterocycles. The molecule has 3 aliphatic rings. The molecule has 192 valence electrons. The predicted octanol–water partition coefficient (Wildman–Crippen LogP) is 4.55. The summed E-state index contributed by atoms with van der Waals surface area (Å²) in [5.41, 5.74) is 1.35. The van der Waals surface area contributed by atoms with Crippen molar-refractivity contribution >= 4 is 30.4 Å². The maximum absolute atomic E-state index is 13.7. The molecule has 1 amide bonds. The SMILES string of the molecule is CC(C)(C)c1c(NC(=O)C2(c3cccc(B4OC(C)(C)C(C)(C)O4)c3)CC2)nn(C(=O)O)c1C1CC1. The minimum atomic E-state index is -1.13. The van der Waals surface area contributed by atoms with E-state index >= 15 is 0 Å². The molecule has 1 saturated heterocycles. The van der Waals surface area contributed by atoms with Gasteiger partial charge in [-0.15, -0.1) is 5.10 Å². The molecule has 2 aliphatic carbocycles. The minimum absolute atomic E-state index is 0.156. The van der Waals surface area contributed by atoms with Crippen LogP contribution in [0.5, 0.6) is 0 Å². The lowest BCUT2D eigenvalue weighted by atomic mass is 9.77. The predicted molar refractivity (Wildman–Crippen MR) is 138 cm³/mol. The molecule has 0 radical (unpaired) electrons. The van der Waals surface area contributed by atoms with Crippen molar-refractivity contribution in [3.63, 3.8) is 0 Å². The van der Waals surface area contributed by atoms with Crippen LogP contribution in [-0.2, 0) is 24.9 Å². The van der Waals surface area contributed by atoms with Gasteiger partial charge >= 0.3 is 13.2 Å². The minimum Gasteiger partial charge on any atom is -0.463 e. The molecule has 1 aromatic heterocycles. The van der Waals surface area contributed by atoms with Gasteiger partial charge in [0, 0.05) is 11.5 Å². The molecular weight excluding hydrogens is 457 g/mol.